The second-order valence-electron chi connectivity index (χ2n) is 16.3. The zero-order chi connectivity index (χ0) is 41.3. The summed E-state index contributed by atoms with van der Waals surface area (Å²) in [5.41, 5.74) is 11.4. The molecule has 0 spiro atoms. The Bertz CT molecular complexity index is 3070. The number of nitrogens with one attached hydrogen (secondary N) is 1. The molecule has 7 aromatic carbocycles. The van der Waals surface area contributed by atoms with E-state index < -0.39 is 6.04 Å². The van der Waals surface area contributed by atoms with Crippen LogP contribution in [0.4, 0.5) is 5.69 Å². The van der Waals surface area contributed by atoms with E-state index in [1.165, 1.54) is 10.9 Å². The molecule has 6 heteroatoms. The van der Waals surface area contributed by atoms with Crippen molar-refractivity contribution in [2.45, 2.75) is 32.2 Å². The molecule has 0 saturated carbocycles. The molecule has 1 atom stereocenters. The Morgan fingerprint density at radius 3 is 1.92 bits per heavy atom. The van der Waals surface area contributed by atoms with Crippen molar-refractivity contribution in [2.24, 2.45) is 0 Å². The molecule has 3 heterocycles. The highest BCUT2D eigenvalue weighted by Crippen LogP contribution is 2.41. The van der Waals surface area contributed by atoms with Crippen molar-refractivity contribution >= 4 is 27.5 Å². The highest BCUT2D eigenvalue weighted by Gasteiger charge is 2.24. The third-order valence-corrected chi connectivity index (χ3v) is 11.3. The molecule has 0 aliphatic rings. The Morgan fingerprint density at radius 1 is 0.574 bits per heavy atom. The van der Waals surface area contributed by atoms with Gasteiger partial charge in [-0.3, -0.25) is 4.57 Å². The Morgan fingerprint density at radius 2 is 1.20 bits per heavy atom. The van der Waals surface area contributed by atoms with Gasteiger partial charge in [0.15, 0.2) is 0 Å². The van der Waals surface area contributed by atoms with Gasteiger partial charge >= 0.3 is 0 Å². The normalized spacial score (nSPS) is 12.1. The number of anilines is 1. The zero-order valence-corrected chi connectivity index (χ0v) is 34.3. The molecule has 0 saturated heterocycles. The van der Waals surface area contributed by atoms with Gasteiger partial charge in [0.25, 0.3) is 0 Å². The number of rotatable bonds is 10. The smallest absolute Gasteiger partial charge is 0.221 e. The molecule has 10 rings (SSSR count). The molecule has 0 aliphatic heterocycles. The number of aromatic nitrogens is 3. The van der Waals surface area contributed by atoms with Gasteiger partial charge in [-0.15, -0.1) is 0 Å². The van der Waals surface area contributed by atoms with Gasteiger partial charge in [0.05, 0.1) is 16.7 Å². The zero-order valence-electron chi connectivity index (χ0n) is 34.3. The van der Waals surface area contributed by atoms with Crippen LogP contribution < -0.4 is 10.1 Å². The topological polar surface area (TPSA) is 65.1 Å². The van der Waals surface area contributed by atoms with Crippen LogP contribution in [0.5, 0.6) is 11.5 Å². The second kappa shape index (κ2) is 15.8. The predicted octanol–water partition coefficient (Wildman–Crippen LogP) is 14.5. The largest absolute Gasteiger partial charge is 0.457 e. The fraction of sp³-hybridized carbons (Fsp3) is 0.0909. The number of pyridine rings is 1. The number of hydrogen-bond acceptors (Lipinski definition) is 5. The number of hydrogen-bond donors (Lipinski definition) is 1. The van der Waals surface area contributed by atoms with Gasteiger partial charge < -0.3 is 14.5 Å². The van der Waals surface area contributed by atoms with Gasteiger partial charge in [-0.1, -0.05) is 160 Å². The quantitative estimate of drug-likeness (QED) is 0.149. The number of ether oxygens (including phenoxy) is 1. The van der Waals surface area contributed by atoms with Crippen molar-refractivity contribution in [3.63, 3.8) is 0 Å². The first-order chi connectivity index (χ1) is 29.9. The molecule has 1 unspecified atom stereocenters. The van der Waals surface area contributed by atoms with Crippen molar-refractivity contribution in [3.8, 4) is 50.8 Å². The molecule has 0 bridgehead atoms. The van der Waals surface area contributed by atoms with E-state index in [9.17, 15) is 0 Å². The van der Waals surface area contributed by atoms with Crippen molar-refractivity contribution < 1.29 is 9.15 Å². The van der Waals surface area contributed by atoms with Crippen LogP contribution in [0.2, 0.25) is 0 Å². The molecule has 1 N–H and O–H groups in total. The average Bonchev–Trinajstić information content (AvgIpc) is 3.92. The molecule has 0 fully saturated rings. The van der Waals surface area contributed by atoms with Crippen molar-refractivity contribution in [3.05, 3.63) is 218 Å². The van der Waals surface area contributed by atoms with E-state index in [4.69, 9.17) is 19.1 Å². The summed E-state index contributed by atoms with van der Waals surface area (Å²) in [6.45, 7) is 6.68. The summed E-state index contributed by atoms with van der Waals surface area (Å²) in [4.78, 5) is 10.00. The molecular weight excluding hydrogens is 749 g/mol. The van der Waals surface area contributed by atoms with E-state index in [1.54, 1.807) is 6.26 Å². The van der Waals surface area contributed by atoms with Gasteiger partial charge in [0.2, 0.25) is 5.89 Å². The van der Waals surface area contributed by atoms with Crippen LogP contribution in [0, 0.1) is 0 Å². The number of nitrogens with zero attached hydrogens (tertiary/aromatic N) is 3. The monoisotopic (exact) mass is 792 g/mol. The fourth-order valence-corrected chi connectivity index (χ4v) is 8.18. The van der Waals surface area contributed by atoms with E-state index in [-0.39, 0.29) is 5.41 Å². The van der Waals surface area contributed by atoms with E-state index in [0.29, 0.717) is 17.3 Å². The minimum absolute atomic E-state index is 0.0149. The van der Waals surface area contributed by atoms with Gasteiger partial charge in [-0.05, 0) is 70.1 Å². The summed E-state index contributed by atoms with van der Waals surface area (Å²) >= 11 is 0. The van der Waals surface area contributed by atoms with Crippen LogP contribution in [-0.4, -0.2) is 14.5 Å². The maximum Gasteiger partial charge on any atom is 0.221 e. The molecule has 0 aliphatic carbocycles. The first-order valence-corrected chi connectivity index (χ1v) is 20.7. The SMILES string of the molecule is CC(C)(C)c1ccnc(-n2c3ccccc3c3ccc(Oc4cccc(-c5coc(C(Nc6c(-c7ccccc7)cccc6-c6ccccc6)c6ccccc6)n5)c4)cc32)c1. The molecule has 6 nitrogen and oxygen atoms in total. The summed E-state index contributed by atoms with van der Waals surface area (Å²) in [5.74, 6) is 2.85. The highest BCUT2D eigenvalue weighted by molar-refractivity contribution is 6.09. The summed E-state index contributed by atoms with van der Waals surface area (Å²) in [6, 6.07) is 64.4. The Labute approximate surface area is 355 Å². The lowest BCUT2D eigenvalue weighted by Gasteiger charge is -2.23. The van der Waals surface area contributed by atoms with E-state index in [1.807, 2.05) is 66.9 Å². The van der Waals surface area contributed by atoms with Crippen molar-refractivity contribution in [1.29, 1.82) is 0 Å². The van der Waals surface area contributed by atoms with Gasteiger partial charge in [0, 0.05) is 39.7 Å². The molecule has 0 radical (unpaired) electrons. The van der Waals surface area contributed by atoms with Crippen LogP contribution in [0.15, 0.2) is 205 Å². The standard InChI is InChI=1S/C55H44N4O2/c1-55(2,3)41-31-32-56-51(34-41)59-49-28-14-13-25-46(49)47-30-29-43(35-50(47)59)61-42-24-15-23-40(33-42)48-36-60-54(57-48)52(39-21-11-6-12-22-39)58-53-44(37-17-7-4-8-18-37)26-16-27-45(53)38-19-9-5-10-20-38/h4-36,52,58H,1-3H3. The summed E-state index contributed by atoms with van der Waals surface area (Å²) in [6.07, 6.45) is 3.64. The van der Waals surface area contributed by atoms with Crippen LogP contribution in [0.1, 0.15) is 43.8 Å². The lowest BCUT2D eigenvalue weighted by molar-refractivity contribution is 0.483. The number of para-hydroxylation sites is 2. The summed E-state index contributed by atoms with van der Waals surface area (Å²) in [7, 11) is 0. The third-order valence-electron chi connectivity index (χ3n) is 11.3. The first-order valence-electron chi connectivity index (χ1n) is 20.7. The predicted molar refractivity (Wildman–Crippen MR) is 249 cm³/mol. The molecular formula is C55H44N4O2. The molecule has 0 amide bonds. The van der Waals surface area contributed by atoms with Crippen LogP contribution >= 0.6 is 0 Å². The molecule has 61 heavy (non-hydrogen) atoms. The number of fused-ring (bicyclic) bond motifs is 3. The third kappa shape index (κ3) is 7.45. The molecule has 296 valence electrons. The fourth-order valence-electron chi connectivity index (χ4n) is 8.18. The lowest BCUT2D eigenvalue weighted by atomic mass is 9.88. The highest BCUT2D eigenvalue weighted by atomic mass is 16.5. The minimum atomic E-state index is -0.390. The number of oxazole rings is 1. The Balaban J connectivity index is 0.998. The maximum atomic E-state index is 6.62. The minimum Gasteiger partial charge on any atom is -0.457 e. The van der Waals surface area contributed by atoms with Crippen molar-refractivity contribution in [2.75, 3.05) is 5.32 Å². The van der Waals surface area contributed by atoms with Gasteiger partial charge in [-0.25, -0.2) is 9.97 Å². The lowest BCUT2D eigenvalue weighted by Crippen LogP contribution is -2.14. The molecule has 10 aromatic rings. The second-order valence-corrected chi connectivity index (χ2v) is 16.3. The van der Waals surface area contributed by atoms with E-state index in [0.717, 1.165) is 67.1 Å². The van der Waals surface area contributed by atoms with Crippen LogP contribution in [-0.2, 0) is 5.41 Å². The van der Waals surface area contributed by atoms with Crippen molar-refractivity contribution in [1.82, 2.24) is 14.5 Å². The maximum absolute atomic E-state index is 6.62. The summed E-state index contributed by atoms with van der Waals surface area (Å²) in [5, 5.41) is 6.22. The Hall–Kier alpha value is -7.70. The van der Waals surface area contributed by atoms with Gasteiger partial charge in [0.1, 0.15) is 35.3 Å². The van der Waals surface area contributed by atoms with E-state index in [2.05, 4.69) is 158 Å². The number of benzene rings is 7. The summed E-state index contributed by atoms with van der Waals surface area (Å²) < 4.78 is 15.3. The first kappa shape index (κ1) is 37.6. The Kier molecular flexibility index (Phi) is 9.74. The molecule has 3 aromatic heterocycles. The van der Waals surface area contributed by atoms with Crippen LogP contribution in [0.3, 0.4) is 0 Å². The average molecular weight is 793 g/mol. The van der Waals surface area contributed by atoms with E-state index >= 15 is 0 Å². The van der Waals surface area contributed by atoms with Gasteiger partial charge in [-0.2, -0.15) is 0 Å². The van der Waals surface area contributed by atoms with Crippen LogP contribution in [0.25, 0.3) is 61.1 Å².